The van der Waals surface area contributed by atoms with Crippen LogP contribution in [0.2, 0.25) is 0 Å². The number of fused-ring (bicyclic) bond motifs is 1. The van der Waals surface area contributed by atoms with Gasteiger partial charge in [0.25, 0.3) is 0 Å². The Hall–Kier alpha value is -3.01. The van der Waals surface area contributed by atoms with E-state index in [0.717, 1.165) is 66.8 Å². The van der Waals surface area contributed by atoms with Crippen molar-refractivity contribution in [1.29, 1.82) is 5.26 Å². The summed E-state index contributed by atoms with van der Waals surface area (Å²) in [6.45, 7) is 3.29. The first kappa shape index (κ1) is 20.3. The average Bonchev–Trinajstić information content (AvgIpc) is 3.08. The molecule has 3 aromatic rings. The standard InChI is InChI=1S/C23H24N4O.CH4O/c24-15-21-20-14-19(26-10-12-28-13-11-26)8-9-22(20)27(18-2-1-3-18)23(21)16-4-6-17(25)7-5-16;1-2/h4-9,14,18H,1-3,10-13,25H2;2H,1H3. The van der Waals surface area contributed by atoms with E-state index in [9.17, 15) is 5.26 Å². The molecule has 0 amide bonds. The van der Waals surface area contributed by atoms with Crippen LogP contribution < -0.4 is 10.6 Å². The minimum atomic E-state index is 0.464. The Balaban J connectivity index is 0.00000106. The van der Waals surface area contributed by atoms with Crippen molar-refractivity contribution in [2.75, 3.05) is 44.0 Å². The van der Waals surface area contributed by atoms with Crippen LogP contribution >= 0.6 is 0 Å². The summed E-state index contributed by atoms with van der Waals surface area (Å²) in [6.07, 6.45) is 3.59. The second kappa shape index (κ2) is 8.78. The first-order valence-electron chi connectivity index (χ1n) is 10.5. The molecule has 1 aromatic heterocycles. The van der Waals surface area contributed by atoms with E-state index in [1.165, 1.54) is 24.9 Å². The number of hydrogen-bond acceptors (Lipinski definition) is 5. The van der Waals surface area contributed by atoms with E-state index >= 15 is 0 Å². The van der Waals surface area contributed by atoms with Crippen molar-refractivity contribution < 1.29 is 9.84 Å². The maximum atomic E-state index is 10.1. The van der Waals surface area contributed by atoms with E-state index in [2.05, 4.69) is 33.7 Å². The number of nitrogen functional groups attached to an aromatic ring is 1. The second-order valence-corrected chi connectivity index (χ2v) is 7.71. The highest BCUT2D eigenvalue weighted by Gasteiger charge is 2.28. The number of rotatable bonds is 3. The van der Waals surface area contributed by atoms with Gasteiger partial charge in [0.05, 0.1) is 30.0 Å². The normalized spacial score (nSPS) is 16.5. The lowest BCUT2D eigenvalue weighted by molar-refractivity contribution is 0.122. The van der Waals surface area contributed by atoms with Gasteiger partial charge >= 0.3 is 0 Å². The van der Waals surface area contributed by atoms with Gasteiger partial charge in [0.15, 0.2) is 0 Å². The van der Waals surface area contributed by atoms with Gasteiger partial charge in [-0.15, -0.1) is 0 Å². The van der Waals surface area contributed by atoms with Crippen LogP contribution in [0.15, 0.2) is 42.5 Å². The molecule has 0 atom stereocenters. The highest BCUT2D eigenvalue weighted by Crippen LogP contribution is 2.43. The molecule has 156 valence electrons. The van der Waals surface area contributed by atoms with E-state index in [1.54, 1.807) is 0 Å². The summed E-state index contributed by atoms with van der Waals surface area (Å²) < 4.78 is 7.88. The van der Waals surface area contributed by atoms with Gasteiger partial charge in [-0.3, -0.25) is 0 Å². The summed E-state index contributed by atoms with van der Waals surface area (Å²) in [5.41, 5.74) is 11.8. The molecule has 3 N–H and O–H groups in total. The number of nitrogens with zero attached hydrogens (tertiary/aromatic N) is 3. The van der Waals surface area contributed by atoms with Gasteiger partial charge in [-0.25, -0.2) is 0 Å². The summed E-state index contributed by atoms with van der Waals surface area (Å²) in [6, 6.07) is 17.4. The largest absolute Gasteiger partial charge is 0.400 e. The van der Waals surface area contributed by atoms with Crippen molar-refractivity contribution in [2.24, 2.45) is 0 Å². The van der Waals surface area contributed by atoms with Crippen LogP contribution in [-0.4, -0.2) is 43.1 Å². The van der Waals surface area contributed by atoms with Gasteiger partial charge in [0, 0.05) is 43.0 Å². The monoisotopic (exact) mass is 404 g/mol. The first-order valence-corrected chi connectivity index (χ1v) is 10.5. The number of benzene rings is 2. The molecule has 0 bridgehead atoms. The minimum Gasteiger partial charge on any atom is -0.400 e. The Bertz CT molecular complexity index is 1060. The molecule has 1 saturated heterocycles. The van der Waals surface area contributed by atoms with E-state index in [-0.39, 0.29) is 0 Å². The highest BCUT2D eigenvalue weighted by molar-refractivity contribution is 5.96. The first-order chi connectivity index (χ1) is 14.8. The molecule has 0 radical (unpaired) electrons. The van der Waals surface area contributed by atoms with Crippen LogP contribution in [0.3, 0.4) is 0 Å². The summed E-state index contributed by atoms with van der Waals surface area (Å²) in [5, 5.41) is 18.1. The van der Waals surface area contributed by atoms with Crippen molar-refractivity contribution in [3.05, 3.63) is 48.0 Å². The fraction of sp³-hybridized carbons (Fsp3) is 0.375. The fourth-order valence-corrected chi connectivity index (χ4v) is 4.38. The molecular weight excluding hydrogens is 376 g/mol. The molecule has 6 nitrogen and oxygen atoms in total. The van der Waals surface area contributed by atoms with Crippen LogP contribution in [0.25, 0.3) is 22.2 Å². The molecular formula is C24H28N4O2. The van der Waals surface area contributed by atoms with E-state index in [4.69, 9.17) is 15.6 Å². The molecule has 1 saturated carbocycles. The van der Waals surface area contributed by atoms with Gasteiger partial charge < -0.3 is 25.0 Å². The van der Waals surface area contributed by atoms with E-state index in [0.29, 0.717) is 6.04 Å². The van der Waals surface area contributed by atoms with Crippen LogP contribution in [0.1, 0.15) is 30.9 Å². The zero-order valence-electron chi connectivity index (χ0n) is 17.3. The minimum absolute atomic E-state index is 0.464. The Morgan fingerprint density at radius 1 is 1.07 bits per heavy atom. The Labute approximate surface area is 177 Å². The lowest BCUT2D eigenvalue weighted by Gasteiger charge is -2.31. The van der Waals surface area contributed by atoms with Crippen LogP contribution in [-0.2, 0) is 4.74 Å². The summed E-state index contributed by atoms with van der Waals surface area (Å²) in [7, 11) is 1.00. The zero-order valence-corrected chi connectivity index (χ0v) is 17.3. The smallest absolute Gasteiger partial charge is 0.102 e. The second-order valence-electron chi connectivity index (χ2n) is 7.71. The third-order valence-electron chi connectivity index (χ3n) is 6.10. The predicted octanol–water partition coefficient (Wildman–Crippen LogP) is 3.93. The molecule has 1 aliphatic carbocycles. The van der Waals surface area contributed by atoms with Crippen molar-refractivity contribution in [2.45, 2.75) is 25.3 Å². The van der Waals surface area contributed by atoms with Crippen molar-refractivity contribution in [3.8, 4) is 17.3 Å². The third kappa shape index (κ3) is 3.51. The van der Waals surface area contributed by atoms with Crippen molar-refractivity contribution in [3.63, 3.8) is 0 Å². The number of aliphatic hydroxyl groups excluding tert-OH is 1. The molecule has 2 heterocycles. The molecule has 1 aliphatic heterocycles. The Morgan fingerprint density at radius 2 is 1.77 bits per heavy atom. The number of nitrogens with two attached hydrogens (primary N) is 1. The average molecular weight is 405 g/mol. The van der Waals surface area contributed by atoms with Crippen molar-refractivity contribution in [1.82, 2.24) is 4.57 Å². The summed E-state index contributed by atoms with van der Waals surface area (Å²) >= 11 is 0. The molecule has 5 rings (SSSR count). The number of nitriles is 1. The third-order valence-corrected chi connectivity index (χ3v) is 6.10. The van der Waals surface area contributed by atoms with Gasteiger partial charge in [0.2, 0.25) is 0 Å². The number of hydrogen-bond donors (Lipinski definition) is 2. The van der Waals surface area contributed by atoms with E-state index < -0.39 is 0 Å². The zero-order chi connectivity index (χ0) is 21.1. The molecule has 2 aliphatic rings. The number of ether oxygens (including phenoxy) is 1. The van der Waals surface area contributed by atoms with E-state index in [1.807, 2.05) is 24.3 Å². The fourth-order valence-electron chi connectivity index (χ4n) is 4.38. The van der Waals surface area contributed by atoms with Crippen molar-refractivity contribution >= 4 is 22.3 Å². The van der Waals surface area contributed by atoms with Crippen LogP contribution in [0.5, 0.6) is 0 Å². The predicted molar refractivity (Wildman–Crippen MR) is 121 cm³/mol. The molecule has 2 aromatic carbocycles. The molecule has 2 fully saturated rings. The van der Waals surface area contributed by atoms with Gasteiger partial charge in [-0.1, -0.05) is 12.1 Å². The van der Waals surface area contributed by atoms with Gasteiger partial charge in [-0.05, 0) is 55.2 Å². The molecule has 0 spiro atoms. The molecule has 0 unspecified atom stereocenters. The SMILES string of the molecule is CO.N#Cc1c(-c2ccc(N)cc2)n(C2CCC2)c2ccc(N3CCOCC3)cc12. The Kier molecular flexibility index (Phi) is 5.93. The maximum absolute atomic E-state index is 10.1. The molecule has 6 heteroatoms. The number of aliphatic hydroxyl groups is 1. The topological polar surface area (TPSA) is 87.4 Å². The summed E-state index contributed by atoms with van der Waals surface area (Å²) in [4.78, 5) is 2.34. The number of morpholine rings is 1. The lowest BCUT2D eigenvalue weighted by Crippen LogP contribution is -2.36. The quantitative estimate of drug-likeness (QED) is 0.646. The summed E-state index contributed by atoms with van der Waals surface area (Å²) in [5.74, 6) is 0. The number of aromatic nitrogens is 1. The van der Waals surface area contributed by atoms with Crippen LogP contribution in [0.4, 0.5) is 11.4 Å². The highest BCUT2D eigenvalue weighted by atomic mass is 16.5. The maximum Gasteiger partial charge on any atom is 0.102 e. The van der Waals surface area contributed by atoms with Gasteiger partial charge in [-0.2, -0.15) is 5.26 Å². The van der Waals surface area contributed by atoms with Crippen LogP contribution in [0, 0.1) is 11.3 Å². The Morgan fingerprint density at radius 3 is 2.37 bits per heavy atom. The van der Waals surface area contributed by atoms with Gasteiger partial charge in [0.1, 0.15) is 6.07 Å². The number of anilines is 2. The molecule has 30 heavy (non-hydrogen) atoms. The lowest BCUT2D eigenvalue weighted by atomic mass is 9.92.